The van der Waals surface area contributed by atoms with Crippen molar-refractivity contribution in [2.45, 2.75) is 25.9 Å². The van der Waals surface area contributed by atoms with Crippen LogP contribution in [-0.4, -0.2) is 22.8 Å². The van der Waals surface area contributed by atoms with E-state index in [0.717, 1.165) is 17.9 Å². The highest BCUT2D eigenvalue weighted by atomic mass is 16.5. The monoisotopic (exact) mass is 259 g/mol. The molecule has 0 aliphatic rings. The standard InChI is InChI=1S/C15H21N3O/c1-3-19-10-12(2)18-11-17-9-14(18)15(16)13-7-5-4-6-8-13/h4-9,11-12,15H,3,10,16H2,1-2H3. The van der Waals surface area contributed by atoms with Crippen LogP contribution in [0.15, 0.2) is 42.9 Å². The molecule has 0 saturated heterocycles. The van der Waals surface area contributed by atoms with Crippen molar-refractivity contribution in [3.05, 3.63) is 54.1 Å². The summed E-state index contributed by atoms with van der Waals surface area (Å²) in [7, 11) is 0. The first-order valence-electron chi connectivity index (χ1n) is 6.64. The van der Waals surface area contributed by atoms with Crippen LogP contribution < -0.4 is 5.73 Å². The van der Waals surface area contributed by atoms with Crippen molar-refractivity contribution >= 4 is 0 Å². The topological polar surface area (TPSA) is 53.1 Å². The van der Waals surface area contributed by atoms with E-state index in [1.165, 1.54) is 0 Å². The van der Waals surface area contributed by atoms with Gasteiger partial charge < -0.3 is 15.0 Å². The fraction of sp³-hybridized carbons (Fsp3) is 0.400. The zero-order valence-electron chi connectivity index (χ0n) is 11.5. The summed E-state index contributed by atoms with van der Waals surface area (Å²) in [4.78, 5) is 4.23. The summed E-state index contributed by atoms with van der Waals surface area (Å²) in [5.74, 6) is 0. The molecule has 2 rings (SSSR count). The maximum Gasteiger partial charge on any atom is 0.0952 e. The number of imidazole rings is 1. The van der Waals surface area contributed by atoms with Gasteiger partial charge in [-0.05, 0) is 19.4 Å². The molecule has 2 atom stereocenters. The molecule has 4 heteroatoms. The number of nitrogens with zero attached hydrogens (tertiary/aromatic N) is 2. The largest absolute Gasteiger partial charge is 0.380 e. The minimum atomic E-state index is -0.159. The van der Waals surface area contributed by atoms with E-state index in [1.807, 2.05) is 49.8 Å². The van der Waals surface area contributed by atoms with Gasteiger partial charge in [-0.25, -0.2) is 4.98 Å². The molecule has 0 aliphatic carbocycles. The van der Waals surface area contributed by atoms with E-state index in [9.17, 15) is 0 Å². The summed E-state index contributed by atoms with van der Waals surface area (Å²) >= 11 is 0. The summed E-state index contributed by atoms with van der Waals surface area (Å²) in [6.45, 7) is 5.50. The fourth-order valence-corrected chi connectivity index (χ4v) is 2.12. The molecule has 2 aromatic rings. The van der Waals surface area contributed by atoms with Gasteiger partial charge in [-0.15, -0.1) is 0 Å². The Hall–Kier alpha value is -1.65. The van der Waals surface area contributed by atoms with Crippen molar-refractivity contribution in [3.63, 3.8) is 0 Å². The smallest absolute Gasteiger partial charge is 0.0952 e. The number of ether oxygens (including phenoxy) is 1. The van der Waals surface area contributed by atoms with E-state index in [2.05, 4.69) is 16.5 Å². The molecule has 0 fully saturated rings. The van der Waals surface area contributed by atoms with Gasteiger partial charge in [0.25, 0.3) is 0 Å². The Bertz CT molecular complexity index is 495. The van der Waals surface area contributed by atoms with Crippen molar-refractivity contribution in [1.82, 2.24) is 9.55 Å². The molecular formula is C15H21N3O. The van der Waals surface area contributed by atoms with Gasteiger partial charge in [0.05, 0.1) is 36.9 Å². The number of rotatable bonds is 6. The molecule has 0 radical (unpaired) electrons. The van der Waals surface area contributed by atoms with Crippen LogP contribution >= 0.6 is 0 Å². The van der Waals surface area contributed by atoms with E-state index < -0.39 is 0 Å². The maximum atomic E-state index is 6.33. The van der Waals surface area contributed by atoms with Crippen LogP contribution in [0, 0.1) is 0 Å². The second kappa shape index (κ2) is 6.50. The van der Waals surface area contributed by atoms with Gasteiger partial charge in [0.1, 0.15) is 0 Å². The summed E-state index contributed by atoms with van der Waals surface area (Å²) in [6, 6.07) is 10.1. The molecule has 102 valence electrons. The van der Waals surface area contributed by atoms with Crippen molar-refractivity contribution in [2.24, 2.45) is 5.73 Å². The van der Waals surface area contributed by atoms with Gasteiger partial charge in [0.15, 0.2) is 0 Å². The molecule has 19 heavy (non-hydrogen) atoms. The Morgan fingerprint density at radius 3 is 2.74 bits per heavy atom. The Labute approximate surface area is 114 Å². The van der Waals surface area contributed by atoms with Gasteiger partial charge in [-0.2, -0.15) is 0 Å². The Morgan fingerprint density at radius 1 is 1.32 bits per heavy atom. The highest BCUT2D eigenvalue weighted by Crippen LogP contribution is 2.21. The summed E-state index contributed by atoms with van der Waals surface area (Å²) in [6.07, 6.45) is 3.65. The van der Waals surface area contributed by atoms with Gasteiger partial charge in [0, 0.05) is 6.61 Å². The zero-order chi connectivity index (χ0) is 13.7. The number of hydrogen-bond donors (Lipinski definition) is 1. The van der Waals surface area contributed by atoms with Crippen molar-refractivity contribution in [2.75, 3.05) is 13.2 Å². The molecule has 0 saturated carbocycles. The third kappa shape index (κ3) is 3.22. The molecule has 2 N–H and O–H groups in total. The normalized spacial score (nSPS) is 14.3. The van der Waals surface area contributed by atoms with Crippen LogP contribution in [0.3, 0.4) is 0 Å². The van der Waals surface area contributed by atoms with Gasteiger partial charge in [-0.1, -0.05) is 30.3 Å². The van der Waals surface area contributed by atoms with Crippen LogP contribution in [0.1, 0.15) is 37.2 Å². The first kappa shape index (κ1) is 13.8. The third-order valence-corrected chi connectivity index (χ3v) is 3.21. The number of nitrogens with two attached hydrogens (primary N) is 1. The average Bonchev–Trinajstić information content (AvgIpc) is 2.94. The first-order chi connectivity index (χ1) is 9.24. The molecule has 2 unspecified atom stereocenters. The Kier molecular flexibility index (Phi) is 4.71. The van der Waals surface area contributed by atoms with E-state index in [4.69, 9.17) is 10.5 Å². The summed E-state index contributed by atoms with van der Waals surface area (Å²) in [5.41, 5.74) is 8.43. The first-order valence-corrected chi connectivity index (χ1v) is 6.64. The van der Waals surface area contributed by atoms with Crippen LogP contribution in [0.2, 0.25) is 0 Å². The van der Waals surface area contributed by atoms with Crippen LogP contribution in [-0.2, 0) is 4.74 Å². The second-order valence-electron chi connectivity index (χ2n) is 4.62. The molecule has 1 aromatic carbocycles. The van der Waals surface area contributed by atoms with Crippen LogP contribution in [0.25, 0.3) is 0 Å². The van der Waals surface area contributed by atoms with Crippen LogP contribution in [0.4, 0.5) is 0 Å². The van der Waals surface area contributed by atoms with Gasteiger partial charge >= 0.3 is 0 Å². The predicted octanol–water partition coefficient (Wildman–Crippen LogP) is 2.53. The summed E-state index contributed by atoms with van der Waals surface area (Å²) < 4.78 is 7.56. The molecule has 4 nitrogen and oxygen atoms in total. The SMILES string of the molecule is CCOCC(C)n1cncc1C(N)c1ccccc1. The Balaban J connectivity index is 2.19. The van der Waals surface area contributed by atoms with E-state index in [1.54, 1.807) is 0 Å². The number of hydrogen-bond acceptors (Lipinski definition) is 3. The Morgan fingerprint density at radius 2 is 2.05 bits per heavy atom. The molecule has 0 amide bonds. The second-order valence-corrected chi connectivity index (χ2v) is 4.62. The van der Waals surface area contributed by atoms with Crippen molar-refractivity contribution < 1.29 is 4.74 Å². The van der Waals surface area contributed by atoms with E-state index in [0.29, 0.717) is 6.61 Å². The lowest BCUT2D eigenvalue weighted by Crippen LogP contribution is -2.20. The predicted molar refractivity (Wildman–Crippen MR) is 75.9 cm³/mol. The van der Waals surface area contributed by atoms with Gasteiger partial charge in [0.2, 0.25) is 0 Å². The van der Waals surface area contributed by atoms with Crippen molar-refractivity contribution in [3.8, 4) is 0 Å². The molecule has 0 bridgehead atoms. The van der Waals surface area contributed by atoms with Gasteiger partial charge in [-0.3, -0.25) is 0 Å². The lowest BCUT2D eigenvalue weighted by atomic mass is 10.0. The zero-order valence-corrected chi connectivity index (χ0v) is 11.5. The number of benzene rings is 1. The quantitative estimate of drug-likeness (QED) is 0.867. The molecule has 1 heterocycles. The molecule has 0 aliphatic heterocycles. The van der Waals surface area contributed by atoms with E-state index >= 15 is 0 Å². The third-order valence-electron chi connectivity index (χ3n) is 3.21. The fourth-order valence-electron chi connectivity index (χ4n) is 2.12. The average molecular weight is 259 g/mol. The molecular weight excluding hydrogens is 238 g/mol. The summed E-state index contributed by atoms with van der Waals surface area (Å²) in [5, 5.41) is 0. The molecule has 0 spiro atoms. The lowest BCUT2D eigenvalue weighted by molar-refractivity contribution is 0.118. The number of aromatic nitrogens is 2. The van der Waals surface area contributed by atoms with Crippen molar-refractivity contribution in [1.29, 1.82) is 0 Å². The highest BCUT2D eigenvalue weighted by molar-refractivity contribution is 5.26. The highest BCUT2D eigenvalue weighted by Gasteiger charge is 2.16. The lowest BCUT2D eigenvalue weighted by Gasteiger charge is -2.20. The van der Waals surface area contributed by atoms with E-state index in [-0.39, 0.29) is 12.1 Å². The minimum absolute atomic E-state index is 0.159. The van der Waals surface area contributed by atoms with Crippen LogP contribution in [0.5, 0.6) is 0 Å². The minimum Gasteiger partial charge on any atom is -0.380 e. The maximum absolute atomic E-state index is 6.33. The molecule has 1 aromatic heterocycles.